The normalized spacial score (nSPS) is 10.6. The second-order valence-electron chi connectivity index (χ2n) is 3.99. The standard InChI is InChI=1S/C13H13FN2O/c1-8-13(10(3)17)9(2)16(15-8)12-6-4-11(14)5-7-12/h4-7H,1-3H3. The zero-order valence-corrected chi connectivity index (χ0v) is 9.99. The van der Waals surface area contributed by atoms with Gasteiger partial charge in [0.15, 0.2) is 5.78 Å². The number of benzene rings is 1. The smallest absolute Gasteiger partial charge is 0.163 e. The highest BCUT2D eigenvalue weighted by Crippen LogP contribution is 2.18. The second kappa shape index (κ2) is 4.13. The van der Waals surface area contributed by atoms with Gasteiger partial charge in [-0.3, -0.25) is 4.79 Å². The highest BCUT2D eigenvalue weighted by atomic mass is 19.1. The molecule has 0 aliphatic heterocycles. The highest BCUT2D eigenvalue weighted by Gasteiger charge is 2.15. The number of rotatable bonds is 2. The van der Waals surface area contributed by atoms with Gasteiger partial charge in [-0.15, -0.1) is 0 Å². The fraction of sp³-hybridized carbons (Fsp3) is 0.231. The van der Waals surface area contributed by atoms with Crippen LogP contribution in [0.4, 0.5) is 4.39 Å². The summed E-state index contributed by atoms with van der Waals surface area (Å²) in [5.74, 6) is -0.296. The number of ketones is 1. The predicted molar refractivity (Wildman–Crippen MR) is 63.0 cm³/mol. The third-order valence-corrected chi connectivity index (χ3v) is 2.71. The average Bonchev–Trinajstić information content (AvgIpc) is 2.55. The summed E-state index contributed by atoms with van der Waals surface area (Å²) in [6.07, 6.45) is 0. The van der Waals surface area contributed by atoms with E-state index in [1.165, 1.54) is 19.1 Å². The molecule has 0 spiro atoms. The molecule has 0 unspecified atom stereocenters. The molecule has 17 heavy (non-hydrogen) atoms. The number of Topliss-reactive ketones (excluding diaryl/α,β-unsaturated/α-hetero) is 1. The number of hydrogen-bond acceptors (Lipinski definition) is 2. The Labute approximate surface area is 98.9 Å². The molecule has 88 valence electrons. The van der Waals surface area contributed by atoms with Crippen LogP contribution < -0.4 is 0 Å². The molecular formula is C13H13FN2O. The van der Waals surface area contributed by atoms with Crippen LogP contribution in [-0.2, 0) is 0 Å². The summed E-state index contributed by atoms with van der Waals surface area (Å²) < 4.78 is 14.5. The number of nitrogens with zero attached hydrogens (tertiary/aromatic N) is 2. The van der Waals surface area contributed by atoms with Crippen LogP contribution in [0, 0.1) is 19.7 Å². The molecule has 0 bridgehead atoms. The van der Waals surface area contributed by atoms with Crippen molar-refractivity contribution >= 4 is 5.78 Å². The molecular weight excluding hydrogens is 219 g/mol. The van der Waals surface area contributed by atoms with Crippen molar-refractivity contribution in [2.24, 2.45) is 0 Å². The van der Waals surface area contributed by atoms with E-state index >= 15 is 0 Å². The van der Waals surface area contributed by atoms with Gasteiger partial charge >= 0.3 is 0 Å². The third-order valence-electron chi connectivity index (χ3n) is 2.71. The molecule has 1 aromatic heterocycles. The molecule has 0 atom stereocenters. The maximum Gasteiger partial charge on any atom is 0.163 e. The molecule has 1 heterocycles. The zero-order valence-electron chi connectivity index (χ0n) is 9.99. The zero-order chi connectivity index (χ0) is 12.6. The van der Waals surface area contributed by atoms with E-state index in [1.807, 2.05) is 6.92 Å². The van der Waals surface area contributed by atoms with Crippen LogP contribution in [0.3, 0.4) is 0 Å². The Morgan fingerprint density at radius 1 is 1.24 bits per heavy atom. The Morgan fingerprint density at radius 2 is 1.82 bits per heavy atom. The lowest BCUT2D eigenvalue weighted by molar-refractivity contribution is 0.101. The minimum Gasteiger partial charge on any atom is -0.294 e. The van der Waals surface area contributed by atoms with Crippen LogP contribution in [0.2, 0.25) is 0 Å². The predicted octanol–water partition coefficient (Wildman–Crippen LogP) is 2.83. The number of aryl methyl sites for hydroxylation is 1. The lowest BCUT2D eigenvalue weighted by Crippen LogP contribution is -2.01. The van der Waals surface area contributed by atoms with Crippen LogP contribution in [0.25, 0.3) is 5.69 Å². The largest absolute Gasteiger partial charge is 0.294 e. The van der Waals surface area contributed by atoms with Crippen molar-refractivity contribution in [1.82, 2.24) is 9.78 Å². The molecule has 2 aromatic rings. The molecule has 3 nitrogen and oxygen atoms in total. The molecule has 0 aliphatic rings. The number of carbonyl (C=O) groups excluding carboxylic acids is 1. The summed E-state index contributed by atoms with van der Waals surface area (Å²) in [6, 6.07) is 6.02. The first-order valence-electron chi connectivity index (χ1n) is 5.34. The van der Waals surface area contributed by atoms with Gasteiger partial charge in [0, 0.05) is 0 Å². The molecule has 0 saturated heterocycles. The molecule has 4 heteroatoms. The average molecular weight is 232 g/mol. The molecule has 0 N–H and O–H groups in total. The monoisotopic (exact) mass is 232 g/mol. The van der Waals surface area contributed by atoms with Crippen LogP contribution in [0.15, 0.2) is 24.3 Å². The van der Waals surface area contributed by atoms with E-state index in [1.54, 1.807) is 23.7 Å². The van der Waals surface area contributed by atoms with Crippen LogP contribution in [0.1, 0.15) is 28.7 Å². The van der Waals surface area contributed by atoms with Gasteiger partial charge in [-0.25, -0.2) is 9.07 Å². The van der Waals surface area contributed by atoms with E-state index in [9.17, 15) is 9.18 Å². The fourth-order valence-corrected chi connectivity index (χ4v) is 1.99. The van der Waals surface area contributed by atoms with Gasteiger partial charge < -0.3 is 0 Å². The molecule has 0 amide bonds. The minimum absolute atomic E-state index is 0.00615. The van der Waals surface area contributed by atoms with E-state index in [0.29, 0.717) is 11.3 Å². The maximum atomic E-state index is 12.8. The quantitative estimate of drug-likeness (QED) is 0.746. The van der Waals surface area contributed by atoms with Crippen molar-refractivity contribution in [2.45, 2.75) is 20.8 Å². The first-order chi connectivity index (χ1) is 8.00. The summed E-state index contributed by atoms with van der Waals surface area (Å²) >= 11 is 0. The SMILES string of the molecule is CC(=O)c1c(C)nn(-c2ccc(F)cc2)c1C. The fourth-order valence-electron chi connectivity index (χ4n) is 1.99. The van der Waals surface area contributed by atoms with E-state index < -0.39 is 0 Å². The summed E-state index contributed by atoms with van der Waals surface area (Å²) in [4.78, 5) is 11.5. The Balaban J connectivity index is 2.57. The number of carbonyl (C=O) groups is 1. The van der Waals surface area contributed by atoms with E-state index in [2.05, 4.69) is 5.10 Å². The third kappa shape index (κ3) is 1.98. The van der Waals surface area contributed by atoms with Crippen LogP contribution in [-0.4, -0.2) is 15.6 Å². The molecule has 1 aromatic carbocycles. The molecule has 0 fully saturated rings. The summed E-state index contributed by atoms with van der Waals surface area (Å²) in [7, 11) is 0. The Bertz CT molecular complexity index is 570. The van der Waals surface area contributed by atoms with Crippen LogP contribution in [0.5, 0.6) is 0 Å². The summed E-state index contributed by atoms with van der Waals surface area (Å²) in [5, 5.41) is 4.30. The highest BCUT2D eigenvalue weighted by molar-refractivity contribution is 5.96. The van der Waals surface area contributed by atoms with Crippen molar-refractivity contribution in [3.63, 3.8) is 0 Å². The molecule has 0 saturated carbocycles. The lowest BCUT2D eigenvalue weighted by Gasteiger charge is -2.04. The van der Waals surface area contributed by atoms with Gasteiger partial charge in [0.2, 0.25) is 0 Å². The number of aromatic nitrogens is 2. The van der Waals surface area contributed by atoms with Gasteiger partial charge in [-0.1, -0.05) is 0 Å². The van der Waals surface area contributed by atoms with Crippen LogP contribution >= 0.6 is 0 Å². The van der Waals surface area contributed by atoms with Gasteiger partial charge in [0.25, 0.3) is 0 Å². The van der Waals surface area contributed by atoms with E-state index in [-0.39, 0.29) is 11.6 Å². The Morgan fingerprint density at radius 3 is 2.29 bits per heavy atom. The Hall–Kier alpha value is -1.97. The second-order valence-corrected chi connectivity index (χ2v) is 3.99. The van der Waals surface area contributed by atoms with Gasteiger partial charge in [-0.05, 0) is 45.0 Å². The topological polar surface area (TPSA) is 34.9 Å². The summed E-state index contributed by atoms with van der Waals surface area (Å²) in [6.45, 7) is 5.15. The van der Waals surface area contributed by atoms with Gasteiger partial charge in [-0.2, -0.15) is 5.10 Å². The van der Waals surface area contributed by atoms with Gasteiger partial charge in [0.05, 0.1) is 22.6 Å². The van der Waals surface area contributed by atoms with Crippen molar-refractivity contribution in [2.75, 3.05) is 0 Å². The minimum atomic E-state index is -0.290. The first kappa shape index (κ1) is 11.5. The van der Waals surface area contributed by atoms with Gasteiger partial charge in [0.1, 0.15) is 5.82 Å². The Kier molecular flexibility index (Phi) is 2.79. The van der Waals surface area contributed by atoms with Crippen molar-refractivity contribution < 1.29 is 9.18 Å². The maximum absolute atomic E-state index is 12.8. The van der Waals surface area contributed by atoms with Crippen molar-refractivity contribution in [3.05, 3.63) is 47.0 Å². The first-order valence-corrected chi connectivity index (χ1v) is 5.34. The number of hydrogen-bond donors (Lipinski definition) is 0. The molecule has 0 radical (unpaired) electrons. The molecule has 0 aliphatic carbocycles. The lowest BCUT2D eigenvalue weighted by atomic mass is 10.1. The number of halogens is 1. The van der Waals surface area contributed by atoms with E-state index in [4.69, 9.17) is 0 Å². The summed E-state index contributed by atoms with van der Waals surface area (Å²) in [5.41, 5.74) is 2.86. The van der Waals surface area contributed by atoms with E-state index in [0.717, 1.165) is 11.4 Å². The van der Waals surface area contributed by atoms with Crippen molar-refractivity contribution in [1.29, 1.82) is 0 Å². The van der Waals surface area contributed by atoms with Crippen molar-refractivity contribution in [3.8, 4) is 5.69 Å². The molecule has 2 rings (SSSR count).